The number of hydrogen-bond acceptors (Lipinski definition) is 4. The maximum absolute atomic E-state index is 11.3. The fourth-order valence-corrected chi connectivity index (χ4v) is 2.47. The van der Waals surface area contributed by atoms with Crippen LogP contribution in [0.4, 0.5) is 0 Å². The first kappa shape index (κ1) is 13.0. The van der Waals surface area contributed by atoms with Crippen molar-refractivity contribution in [1.29, 1.82) is 0 Å². The molecule has 0 bridgehead atoms. The summed E-state index contributed by atoms with van der Waals surface area (Å²) in [6, 6.07) is 4.32. The number of nitrogens with zero attached hydrogens (tertiary/aromatic N) is 2. The monoisotopic (exact) mass is 248 g/mol. The van der Waals surface area contributed by atoms with Crippen LogP contribution >= 0.6 is 0 Å². The van der Waals surface area contributed by atoms with Gasteiger partial charge in [-0.1, -0.05) is 12.8 Å². The SMILES string of the molecule is CN(Cc1ccc(C(=O)NN)cn1)C1CCCC1. The number of aromatic nitrogens is 1. The zero-order chi connectivity index (χ0) is 13.0. The minimum absolute atomic E-state index is 0.307. The Kier molecular flexibility index (Phi) is 4.28. The van der Waals surface area contributed by atoms with E-state index in [9.17, 15) is 4.79 Å². The number of pyridine rings is 1. The summed E-state index contributed by atoms with van der Waals surface area (Å²) < 4.78 is 0. The third kappa shape index (κ3) is 3.05. The highest BCUT2D eigenvalue weighted by Crippen LogP contribution is 2.23. The lowest BCUT2D eigenvalue weighted by Gasteiger charge is -2.23. The lowest BCUT2D eigenvalue weighted by Crippen LogP contribution is -2.30. The summed E-state index contributed by atoms with van der Waals surface area (Å²) in [6.45, 7) is 0.829. The first-order valence-corrected chi connectivity index (χ1v) is 6.37. The minimum atomic E-state index is -0.307. The fraction of sp³-hybridized carbons (Fsp3) is 0.538. The molecule has 1 aromatic heterocycles. The Hall–Kier alpha value is -1.46. The number of nitrogens with two attached hydrogens (primary N) is 1. The molecule has 98 valence electrons. The van der Waals surface area contributed by atoms with Gasteiger partial charge in [-0.15, -0.1) is 0 Å². The number of carbonyl (C=O) groups excluding carboxylic acids is 1. The molecule has 1 heterocycles. The van der Waals surface area contributed by atoms with Gasteiger partial charge in [0.2, 0.25) is 0 Å². The average molecular weight is 248 g/mol. The summed E-state index contributed by atoms with van der Waals surface area (Å²) in [5, 5.41) is 0. The molecule has 18 heavy (non-hydrogen) atoms. The lowest BCUT2D eigenvalue weighted by atomic mass is 10.2. The molecule has 3 N–H and O–H groups in total. The number of amides is 1. The van der Waals surface area contributed by atoms with E-state index in [0.29, 0.717) is 11.6 Å². The van der Waals surface area contributed by atoms with Gasteiger partial charge < -0.3 is 0 Å². The highest BCUT2D eigenvalue weighted by atomic mass is 16.2. The standard InChI is InChI=1S/C13H20N4O/c1-17(12-4-2-3-5-12)9-11-7-6-10(8-15-11)13(18)16-14/h6-8,12H,2-5,9,14H2,1H3,(H,16,18). The van der Waals surface area contributed by atoms with Gasteiger partial charge in [0.05, 0.1) is 11.3 Å². The molecule has 1 aliphatic rings. The van der Waals surface area contributed by atoms with E-state index in [-0.39, 0.29) is 5.91 Å². The molecular weight excluding hydrogens is 228 g/mol. The molecule has 0 atom stereocenters. The van der Waals surface area contributed by atoms with Crippen molar-refractivity contribution in [3.8, 4) is 0 Å². The quantitative estimate of drug-likeness (QED) is 0.475. The van der Waals surface area contributed by atoms with Crippen LogP contribution in [0.25, 0.3) is 0 Å². The normalized spacial score (nSPS) is 16.2. The summed E-state index contributed by atoms with van der Waals surface area (Å²) >= 11 is 0. The van der Waals surface area contributed by atoms with E-state index >= 15 is 0 Å². The number of rotatable bonds is 4. The Morgan fingerprint density at radius 2 is 2.22 bits per heavy atom. The summed E-state index contributed by atoms with van der Waals surface area (Å²) in [5.41, 5.74) is 3.57. The van der Waals surface area contributed by atoms with Crippen LogP contribution in [0.1, 0.15) is 41.7 Å². The first-order chi connectivity index (χ1) is 8.70. The Balaban J connectivity index is 1.95. The van der Waals surface area contributed by atoms with Crippen LogP contribution < -0.4 is 11.3 Å². The Labute approximate surface area is 107 Å². The summed E-state index contributed by atoms with van der Waals surface area (Å²) in [5.74, 6) is 4.76. The third-order valence-corrected chi connectivity index (χ3v) is 3.58. The second kappa shape index (κ2) is 5.93. The number of carbonyl (C=O) groups is 1. The number of nitrogens with one attached hydrogen (secondary N) is 1. The van der Waals surface area contributed by atoms with Crippen LogP contribution in [0, 0.1) is 0 Å². The van der Waals surface area contributed by atoms with Crippen molar-refractivity contribution in [2.75, 3.05) is 7.05 Å². The Bertz CT molecular complexity index is 398. The van der Waals surface area contributed by atoms with Crippen LogP contribution in [0.2, 0.25) is 0 Å². The van der Waals surface area contributed by atoms with E-state index in [2.05, 4.69) is 22.4 Å². The van der Waals surface area contributed by atoms with Crippen LogP contribution in [0.3, 0.4) is 0 Å². The van der Waals surface area contributed by atoms with Gasteiger partial charge in [-0.25, -0.2) is 5.84 Å². The van der Waals surface area contributed by atoms with E-state index < -0.39 is 0 Å². The molecule has 1 aliphatic carbocycles. The molecule has 0 spiro atoms. The second-order valence-electron chi connectivity index (χ2n) is 4.87. The van der Waals surface area contributed by atoms with Crippen molar-refractivity contribution in [2.24, 2.45) is 5.84 Å². The highest BCUT2D eigenvalue weighted by Gasteiger charge is 2.19. The molecule has 5 nitrogen and oxygen atoms in total. The minimum Gasteiger partial charge on any atom is -0.298 e. The molecule has 0 radical (unpaired) electrons. The van der Waals surface area contributed by atoms with Crippen molar-refractivity contribution in [3.05, 3.63) is 29.6 Å². The summed E-state index contributed by atoms with van der Waals surface area (Å²) in [6.07, 6.45) is 6.80. The topological polar surface area (TPSA) is 71.2 Å². The van der Waals surface area contributed by atoms with Crippen molar-refractivity contribution in [2.45, 2.75) is 38.3 Å². The fourth-order valence-electron chi connectivity index (χ4n) is 2.47. The predicted molar refractivity (Wildman–Crippen MR) is 69.6 cm³/mol. The Morgan fingerprint density at radius 3 is 2.78 bits per heavy atom. The average Bonchev–Trinajstić information content (AvgIpc) is 2.92. The maximum Gasteiger partial charge on any atom is 0.266 e. The molecule has 5 heteroatoms. The molecule has 1 amide bonds. The number of hydrogen-bond donors (Lipinski definition) is 2. The largest absolute Gasteiger partial charge is 0.298 e. The first-order valence-electron chi connectivity index (χ1n) is 6.37. The predicted octanol–water partition coefficient (Wildman–Crippen LogP) is 1.06. The molecule has 0 unspecified atom stereocenters. The van der Waals surface area contributed by atoms with Crippen LogP contribution in [0.15, 0.2) is 18.3 Å². The van der Waals surface area contributed by atoms with E-state index in [1.807, 2.05) is 6.07 Å². The third-order valence-electron chi connectivity index (χ3n) is 3.58. The summed E-state index contributed by atoms with van der Waals surface area (Å²) in [7, 11) is 2.14. The molecular formula is C13H20N4O. The van der Waals surface area contributed by atoms with E-state index in [1.165, 1.54) is 25.7 Å². The van der Waals surface area contributed by atoms with Crippen LogP contribution in [0.5, 0.6) is 0 Å². The summed E-state index contributed by atoms with van der Waals surface area (Å²) in [4.78, 5) is 17.9. The highest BCUT2D eigenvalue weighted by molar-refractivity contribution is 5.93. The maximum atomic E-state index is 11.3. The van der Waals surface area contributed by atoms with Crippen molar-refractivity contribution < 1.29 is 4.79 Å². The van der Waals surface area contributed by atoms with Gasteiger partial charge in [-0.05, 0) is 32.0 Å². The van der Waals surface area contributed by atoms with Gasteiger partial charge in [0.25, 0.3) is 5.91 Å². The van der Waals surface area contributed by atoms with Gasteiger partial charge in [0.1, 0.15) is 0 Å². The Morgan fingerprint density at radius 1 is 1.50 bits per heavy atom. The van der Waals surface area contributed by atoms with Gasteiger partial charge in [-0.3, -0.25) is 20.1 Å². The van der Waals surface area contributed by atoms with E-state index in [0.717, 1.165) is 12.2 Å². The molecule has 1 saturated carbocycles. The van der Waals surface area contributed by atoms with Crippen molar-refractivity contribution in [1.82, 2.24) is 15.3 Å². The molecule has 0 saturated heterocycles. The molecule has 0 aromatic carbocycles. The van der Waals surface area contributed by atoms with Crippen LogP contribution in [-0.4, -0.2) is 28.9 Å². The molecule has 0 aliphatic heterocycles. The van der Waals surface area contributed by atoms with Crippen LogP contribution in [-0.2, 0) is 6.54 Å². The van der Waals surface area contributed by atoms with Gasteiger partial charge in [-0.2, -0.15) is 0 Å². The molecule has 1 aromatic rings. The second-order valence-corrected chi connectivity index (χ2v) is 4.87. The zero-order valence-corrected chi connectivity index (χ0v) is 10.7. The van der Waals surface area contributed by atoms with Crippen molar-refractivity contribution >= 4 is 5.91 Å². The number of nitrogen functional groups attached to an aromatic ring is 1. The zero-order valence-electron chi connectivity index (χ0n) is 10.7. The van der Waals surface area contributed by atoms with Gasteiger partial charge >= 0.3 is 0 Å². The van der Waals surface area contributed by atoms with Gasteiger partial charge in [0, 0.05) is 18.8 Å². The van der Waals surface area contributed by atoms with Crippen molar-refractivity contribution in [3.63, 3.8) is 0 Å². The van der Waals surface area contributed by atoms with Gasteiger partial charge in [0.15, 0.2) is 0 Å². The number of hydrazine groups is 1. The van der Waals surface area contributed by atoms with E-state index in [1.54, 1.807) is 12.3 Å². The van der Waals surface area contributed by atoms with E-state index in [4.69, 9.17) is 5.84 Å². The lowest BCUT2D eigenvalue weighted by molar-refractivity contribution is 0.0953. The molecule has 1 fully saturated rings. The smallest absolute Gasteiger partial charge is 0.266 e. The molecule has 2 rings (SSSR count).